The van der Waals surface area contributed by atoms with E-state index in [0.29, 0.717) is 23.4 Å². The van der Waals surface area contributed by atoms with Crippen molar-refractivity contribution in [3.05, 3.63) is 77.0 Å². The minimum Gasteiger partial charge on any atom is -0.476 e. The van der Waals surface area contributed by atoms with E-state index in [1.165, 1.54) is 4.68 Å². The highest BCUT2D eigenvalue weighted by Gasteiger charge is 2.37. The molecule has 0 radical (unpaired) electrons. The molecule has 5 nitrogen and oxygen atoms in total. The Hall–Kier alpha value is -3.21. The molecule has 0 fully saturated rings. The molecular formula is C19H14N2O3. The third-order valence-corrected chi connectivity index (χ3v) is 3.99. The molecule has 0 atom stereocenters. The van der Waals surface area contributed by atoms with Crippen molar-refractivity contribution in [1.82, 2.24) is 9.78 Å². The summed E-state index contributed by atoms with van der Waals surface area (Å²) >= 11 is 0. The van der Waals surface area contributed by atoms with E-state index in [9.17, 15) is 9.59 Å². The monoisotopic (exact) mass is 318 g/mol. The van der Waals surface area contributed by atoms with Crippen LogP contribution in [0.5, 0.6) is 5.88 Å². The number of hydrogen-bond acceptors (Lipinski definition) is 4. The van der Waals surface area contributed by atoms with E-state index in [1.807, 2.05) is 37.3 Å². The van der Waals surface area contributed by atoms with Crippen LogP contribution in [0.2, 0.25) is 0 Å². The van der Waals surface area contributed by atoms with Gasteiger partial charge in [0.05, 0.1) is 12.3 Å². The van der Waals surface area contributed by atoms with Crippen molar-refractivity contribution < 1.29 is 14.3 Å². The smallest absolute Gasteiger partial charge is 0.245 e. The van der Waals surface area contributed by atoms with Gasteiger partial charge in [-0.1, -0.05) is 42.5 Å². The van der Waals surface area contributed by atoms with Crippen molar-refractivity contribution in [3.8, 4) is 11.6 Å². The zero-order chi connectivity index (χ0) is 16.7. The molecule has 0 bridgehead atoms. The van der Waals surface area contributed by atoms with Gasteiger partial charge in [0, 0.05) is 11.1 Å². The van der Waals surface area contributed by atoms with Crippen molar-refractivity contribution in [3.63, 3.8) is 0 Å². The standard InChI is InChI=1S/C19H14N2O3/c1-2-24-19-15-16(21(20-19)12-8-4-3-5-9-12)18(23)14-11-7-6-10-13(14)17(15)22/h3-11H,2H2,1H3. The number of nitrogens with zero attached hydrogens (tertiary/aromatic N) is 2. The quantitative estimate of drug-likeness (QED) is 0.582. The second-order valence-electron chi connectivity index (χ2n) is 5.41. The van der Waals surface area contributed by atoms with Gasteiger partial charge in [0.1, 0.15) is 11.3 Å². The first kappa shape index (κ1) is 14.4. The number of para-hydroxylation sites is 1. The highest BCUT2D eigenvalue weighted by atomic mass is 16.5. The van der Waals surface area contributed by atoms with Crippen LogP contribution in [0.25, 0.3) is 5.69 Å². The Balaban J connectivity index is 2.01. The third kappa shape index (κ3) is 1.98. The van der Waals surface area contributed by atoms with Crippen molar-refractivity contribution in [1.29, 1.82) is 0 Å². The molecule has 3 aromatic rings. The van der Waals surface area contributed by atoms with Gasteiger partial charge in [-0.15, -0.1) is 5.10 Å². The van der Waals surface area contributed by atoms with Crippen molar-refractivity contribution in [2.75, 3.05) is 6.61 Å². The lowest BCUT2D eigenvalue weighted by Crippen LogP contribution is -2.22. The topological polar surface area (TPSA) is 61.2 Å². The van der Waals surface area contributed by atoms with Gasteiger partial charge in [-0.25, -0.2) is 4.68 Å². The Morgan fingerprint density at radius 3 is 2.21 bits per heavy atom. The first-order valence-corrected chi connectivity index (χ1v) is 7.72. The van der Waals surface area contributed by atoms with Crippen LogP contribution in [-0.4, -0.2) is 28.0 Å². The predicted molar refractivity (Wildman–Crippen MR) is 88.0 cm³/mol. The summed E-state index contributed by atoms with van der Waals surface area (Å²) in [4.78, 5) is 25.9. The summed E-state index contributed by atoms with van der Waals surface area (Å²) in [6.45, 7) is 2.18. The summed E-state index contributed by atoms with van der Waals surface area (Å²) in [5.41, 5.74) is 2.00. The molecule has 0 saturated heterocycles. The number of aromatic nitrogens is 2. The third-order valence-electron chi connectivity index (χ3n) is 3.99. The van der Waals surface area contributed by atoms with Crippen molar-refractivity contribution in [2.45, 2.75) is 6.92 Å². The first-order chi connectivity index (χ1) is 11.7. The van der Waals surface area contributed by atoms with Crippen LogP contribution in [0.3, 0.4) is 0 Å². The number of ketones is 2. The van der Waals surface area contributed by atoms with Gasteiger partial charge >= 0.3 is 0 Å². The average molecular weight is 318 g/mol. The number of carbonyl (C=O) groups is 2. The van der Waals surface area contributed by atoms with E-state index in [-0.39, 0.29) is 28.7 Å². The number of hydrogen-bond donors (Lipinski definition) is 0. The van der Waals surface area contributed by atoms with Gasteiger partial charge in [-0.3, -0.25) is 9.59 Å². The van der Waals surface area contributed by atoms with E-state index in [4.69, 9.17) is 4.74 Å². The molecule has 0 saturated carbocycles. The predicted octanol–water partition coefficient (Wildman–Crippen LogP) is 3.05. The minimum absolute atomic E-state index is 0.198. The van der Waals surface area contributed by atoms with E-state index in [1.54, 1.807) is 24.3 Å². The Bertz CT molecular complexity index is 958. The fourth-order valence-corrected chi connectivity index (χ4v) is 2.95. The number of ether oxygens (including phenoxy) is 1. The number of rotatable bonds is 3. The lowest BCUT2D eigenvalue weighted by Gasteiger charge is -2.15. The SMILES string of the molecule is CCOc1nn(-c2ccccc2)c2c1C(=O)c1ccccc1C2=O. The minimum atomic E-state index is -0.231. The zero-order valence-corrected chi connectivity index (χ0v) is 13.0. The maximum atomic E-state index is 13.0. The van der Waals surface area contributed by atoms with Crippen molar-refractivity contribution >= 4 is 11.6 Å². The van der Waals surface area contributed by atoms with Gasteiger partial charge in [-0.05, 0) is 19.1 Å². The van der Waals surface area contributed by atoms with E-state index < -0.39 is 0 Å². The highest BCUT2D eigenvalue weighted by Crippen LogP contribution is 2.34. The lowest BCUT2D eigenvalue weighted by atomic mass is 9.88. The van der Waals surface area contributed by atoms with E-state index in [2.05, 4.69) is 5.10 Å². The van der Waals surface area contributed by atoms with Gasteiger partial charge < -0.3 is 4.74 Å². The molecule has 1 heterocycles. The van der Waals surface area contributed by atoms with Crippen LogP contribution in [0.4, 0.5) is 0 Å². The summed E-state index contributed by atoms with van der Waals surface area (Å²) in [5, 5.41) is 4.39. The second-order valence-corrected chi connectivity index (χ2v) is 5.41. The molecule has 0 amide bonds. The van der Waals surface area contributed by atoms with Gasteiger partial charge in [0.2, 0.25) is 17.4 Å². The van der Waals surface area contributed by atoms with Gasteiger partial charge in [0.25, 0.3) is 0 Å². The van der Waals surface area contributed by atoms with Crippen LogP contribution in [0, 0.1) is 0 Å². The number of fused-ring (bicyclic) bond motifs is 2. The van der Waals surface area contributed by atoms with Crippen molar-refractivity contribution in [2.24, 2.45) is 0 Å². The van der Waals surface area contributed by atoms with Gasteiger partial charge in [-0.2, -0.15) is 0 Å². The molecule has 5 heteroatoms. The molecule has 1 aliphatic carbocycles. The van der Waals surface area contributed by atoms with E-state index >= 15 is 0 Å². The molecule has 2 aromatic carbocycles. The fourth-order valence-electron chi connectivity index (χ4n) is 2.95. The van der Waals surface area contributed by atoms with Crippen LogP contribution in [-0.2, 0) is 0 Å². The van der Waals surface area contributed by atoms with Crippen LogP contribution in [0.15, 0.2) is 54.6 Å². The first-order valence-electron chi connectivity index (χ1n) is 7.72. The summed E-state index contributed by atoms with van der Waals surface area (Å²) in [6.07, 6.45) is 0. The number of benzene rings is 2. The van der Waals surface area contributed by atoms with Gasteiger partial charge in [0.15, 0.2) is 0 Å². The molecule has 4 rings (SSSR count). The summed E-state index contributed by atoms with van der Waals surface area (Å²) in [5.74, 6) is -0.252. The summed E-state index contributed by atoms with van der Waals surface area (Å²) < 4.78 is 7.03. The molecule has 1 aliphatic rings. The maximum absolute atomic E-state index is 13.0. The summed E-state index contributed by atoms with van der Waals surface area (Å²) in [7, 11) is 0. The normalized spacial score (nSPS) is 12.7. The molecule has 0 N–H and O–H groups in total. The second kappa shape index (κ2) is 5.45. The van der Waals surface area contributed by atoms with Crippen LogP contribution >= 0.6 is 0 Å². The highest BCUT2D eigenvalue weighted by molar-refractivity contribution is 6.28. The fraction of sp³-hybridized carbons (Fsp3) is 0.105. The molecule has 0 spiro atoms. The Labute approximate surface area is 138 Å². The Morgan fingerprint density at radius 1 is 0.917 bits per heavy atom. The molecule has 24 heavy (non-hydrogen) atoms. The molecule has 0 aliphatic heterocycles. The molecular weight excluding hydrogens is 304 g/mol. The Kier molecular flexibility index (Phi) is 3.27. The number of carbonyl (C=O) groups excluding carboxylic acids is 2. The average Bonchev–Trinajstić information content (AvgIpc) is 3.01. The largest absolute Gasteiger partial charge is 0.476 e. The zero-order valence-electron chi connectivity index (χ0n) is 13.0. The van der Waals surface area contributed by atoms with Crippen LogP contribution in [0.1, 0.15) is 38.9 Å². The lowest BCUT2D eigenvalue weighted by molar-refractivity contribution is 0.0973. The Morgan fingerprint density at radius 2 is 1.54 bits per heavy atom. The molecule has 1 aromatic heterocycles. The molecule has 0 unspecified atom stereocenters. The molecule has 118 valence electrons. The van der Waals surface area contributed by atoms with Crippen LogP contribution < -0.4 is 4.74 Å². The van der Waals surface area contributed by atoms with E-state index in [0.717, 1.165) is 0 Å². The maximum Gasteiger partial charge on any atom is 0.245 e. The summed E-state index contributed by atoms with van der Waals surface area (Å²) in [6, 6.07) is 16.1.